The first kappa shape index (κ1) is 14.2. The van der Waals surface area contributed by atoms with Gasteiger partial charge in [0.25, 0.3) is 0 Å². The lowest BCUT2D eigenvalue weighted by molar-refractivity contribution is 0.0520. The molecular weight excluding hydrogens is 254 g/mol. The summed E-state index contributed by atoms with van der Waals surface area (Å²) in [5.41, 5.74) is 1.42. The molecule has 0 amide bonds. The predicted octanol–water partition coefficient (Wildman–Crippen LogP) is 3.02. The number of aromatic nitrogens is 2. The summed E-state index contributed by atoms with van der Waals surface area (Å²) in [4.78, 5) is 20.9. The Kier molecular flexibility index (Phi) is 3.88. The van der Waals surface area contributed by atoms with Gasteiger partial charge < -0.3 is 10.1 Å². The van der Waals surface area contributed by atoms with Crippen LogP contribution in [0.1, 0.15) is 38.2 Å². The van der Waals surface area contributed by atoms with Crippen molar-refractivity contribution in [3.63, 3.8) is 0 Å². The Labute approximate surface area is 118 Å². The number of anilines is 1. The largest absolute Gasteiger partial charge is 0.461 e. The lowest BCUT2D eigenvalue weighted by Crippen LogP contribution is -2.28. The van der Waals surface area contributed by atoms with Gasteiger partial charge in [-0.15, -0.1) is 0 Å². The van der Waals surface area contributed by atoms with Gasteiger partial charge in [-0.1, -0.05) is 12.1 Å². The van der Waals surface area contributed by atoms with Gasteiger partial charge in [-0.05, 0) is 39.8 Å². The molecule has 2 rings (SSSR count). The number of fused-ring (bicyclic) bond motifs is 1. The molecule has 0 aliphatic heterocycles. The average Bonchev–Trinajstić information content (AvgIpc) is 2.36. The summed E-state index contributed by atoms with van der Waals surface area (Å²) >= 11 is 0. The highest BCUT2D eigenvalue weighted by Gasteiger charge is 2.21. The minimum absolute atomic E-state index is 0.223. The number of hydrogen-bond donors (Lipinski definition) is 1. The molecule has 1 heterocycles. The number of rotatable bonds is 3. The molecule has 0 spiro atoms. The number of para-hydroxylation sites is 2. The van der Waals surface area contributed by atoms with Gasteiger partial charge in [0.2, 0.25) is 0 Å². The van der Waals surface area contributed by atoms with Crippen molar-refractivity contribution in [3.8, 4) is 0 Å². The van der Waals surface area contributed by atoms with Crippen LogP contribution in [-0.2, 0) is 4.74 Å². The maximum absolute atomic E-state index is 12.0. The van der Waals surface area contributed by atoms with Crippen molar-refractivity contribution in [1.82, 2.24) is 9.97 Å². The third-order valence-electron chi connectivity index (χ3n) is 2.53. The Bertz CT molecular complexity index is 633. The quantitative estimate of drug-likeness (QED) is 0.871. The first-order valence-corrected chi connectivity index (χ1v) is 6.63. The van der Waals surface area contributed by atoms with E-state index in [-0.39, 0.29) is 11.2 Å². The van der Waals surface area contributed by atoms with Gasteiger partial charge in [0, 0.05) is 5.54 Å². The van der Waals surface area contributed by atoms with E-state index in [1.807, 2.05) is 45.0 Å². The van der Waals surface area contributed by atoms with Gasteiger partial charge in [0.05, 0.1) is 17.6 Å². The van der Waals surface area contributed by atoms with Crippen LogP contribution in [0.15, 0.2) is 24.3 Å². The lowest BCUT2D eigenvalue weighted by atomic mass is 10.1. The van der Waals surface area contributed by atoms with E-state index >= 15 is 0 Å². The van der Waals surface area contributed by atoms with Gasteiger partial charge in [-0.2, -0.15) is 0 Å². The van der Waals surface area contributed by atoms with Gasteiger partial charge in [0.15, 0.2) is 11.5 Å². The summed E-state index contributed by atoms with van der Waals surface area (Å²) in [6, 6.07) is 7.45. The molecule has 0 saturated carbocycles. The summed E-state index contributed by atoms with van der Waals surface area (Å²) in [7, 11) is 0. The molecule has 20 heavy (non-hydrogen) atoms. The lowest BCUT2D eigenvalue weighted by Gasteiger charge is -2.22. The zero-order chi connectivity index (χ0) is 14.8. The molecule has 106 valence electrons. The molecule has 5 nitrogen and oxygen atoms in total. The van der Waals surface area contributed by atoms with Crippen LogP contribution in [0.25, 0.3) is 11.0 Å². The van der Waals surface area contributed by atoms with E-state index in [1.54, 1.807) is 6.92 Å². The minimum atomic E-state index is -0.461. The third kappa shape index (κ3) is 3.23. The molecule has 0 atom stereocenters. The van der Waals surface area contributed by atoms with Crippen LogP contribution < -0.4 is 5.32 Å². The van der Waals surface area contributed by atoms with Crippen molar-refractivity contribution >= 4 is 22.8 Å². The molecule has 1 N–H and O–H groups in total. The number of nitrogens with one attached hydrogen (secondary N) is 1. The van der Waals surface area contributed by atoms with Crippen molar-refractivity contribution in [2.24, 2.45) is 0 Å². The SMILES string of the molecule is CCOC(=O)c1nc2ccccc2nc1NC(C)(C)C. The number of nitrogens with zero attached hydrogens (tertiary/aromatic N) is 2. The number of ether oxygens (including phenoxy) is 1. The summed E-state index contributed by atoms with van der Waals surface area (Å²) in [6.07, 6.45) is 0. The van der Waals surface area contributed by atoms with Gasteiger partial charge in [-0.3, -0.25) is 0 Å². The second-order valence-corrected chi connectivity index (χ2v) is 5.51. The molecule has 0 bridgehead atoms. The number of benzene rings is 1. The topological polar surface area (TPSA) is 64.1 Å². The van der Waals surface area contributed by atoms with Crippen LogP contribution in [0.2, 0.25) is 0 Å². The van der Waals surface area contributed by atoms with E-state index in [0.29, 0.717) is 17.9 Å². The van der Waals surface area contributed by atoms with E-state index in [9.17, 15) is 4.79 Å². The molecule has 2 aromatic rings. The molecule has 0 unspecified atom stereocenters. The maximum atomic E-state index is 12.0. The third-order valence-corrected chi connectivity index (χ3v) is 2.53. The highest BCUT2D eigenvalue weighted by Crippen LogP contribution is 2.21. The number of carbonyl (C=O) groups excluding carboxylic acids is 1. The van der Waals surface area contributed by atoms with Crippen LogP contribution in [0.3, 0.4) is 0 Å². The van der Waals surface area contributed by atoms with Crippen molar-refractivity contribution in [2.45, 2.75) is 33.2 Å². The fourth-order valence-corrected chi connectivity index (χ4v) is 1.78. The molecule has 0 radical (unpaired) electrons. The molecule has 1 aromatic heterocycles. The monoisotopic (exact) mass is 273 g/mol. The standard InChI is InChI=1S/C15H19N3O2/c1-5-20-14(19)12-13(18-15(2,3)4)17-11-9-7-6-8-10(11)16-12/h6-9H,5H2,1-4H3,(H,17,18). The van der Waals surface area contributed by atoms with Gasteiger partial charge in [-0.25, -0.2) is 14.8 Å². The normalized spacial score (nSPS) is 11.4. The average molecular weight is 273 g/mol. The summed E-state index contributed by atoms with van der Waals surface area (Å²) in [5.74, 6) is -0.00727. The second kappa shape index (κ2) is 5.45. The van der Waals surface area contributed by atoms with Crippen molar-refractivity contribution in [2.75, 3.05) is 11.9 Å². The minimum Gasteiger partial charge on any atom is -0.461 e. The zero-order valence-corrected chi connectivity index (χ0v) is 12.2. The first-order valence-electron chi connectivity index (χ1n) is 6.63. The first-order chi connectivity index (χ1) is 9.40. The van der Waals surface area contributed by atoms with E-state index < -0.39 is 5.97 Å². The molecular formula is C15H19N3O2. The fourth-order valence-electron chi connectivity index (χ4n) is 1.78. The van der Waals surface area contributed by atoms with Crippen molar-refractivity contribution < 1.29 is 9.53 Å². The summed E-state index contributed by atoms with van der Waals surface area (Å²) in [5, 5.41) is 3.21. The Hall–Kier alpha value is -2.17. The van der Waals surface area contributed by atoms with E-state index in [1.165, 1.54) is 0 Å². The highest BCUT2D eigenvalue weighted by atomic mass is 16.5. The van der Waals surface area contributed by atoms with Crippen molar-refractivity contribution in [1.29, 1.82) is 0 Å². The molecule has 0 aliphatic carbocycles. The van der Waals surface area contributed by atoms with Gasteiger partial charge in [0.1, 0.15) is 0 Å². The van der Waals surface area contributed by atoms with Crippen LogP contribution >= 0.6 is 0 Å². The van der Waals surface area contributed by atoms with Crippen LogP contribution in [0, 0.1) is 0 Å². The summed E-state index contributed by atoms with van der Waals surface area (Å²) in [6.45, 7) is 8.07. The van der Waals surface area contributed by atoms with E-state index in [4.69, 9.17) is 4.74 Å². The van der Waals surface area contributed by atoms with Crippen LogP contribution in [0.4, 0.5) is 5.82 Å². The van der Waals surface area contributed by atoms with E-state index in [0.717, 1.165) is 5.52 Å². The molecule has 0 aliphatic rings. The Morgan fingerprint density at radius 1 is 1.20 bits per heavy atom. The maximum Gasteiger partial charge on any atom is 0.360 e. The van der Waals surface area contributed by atoms with Crippen LogP contribution in [0.5, 0.6) is 0 Å². The van der Waals surface area contributed by atoms with Crippen LogP contribution in [-0.4, -0.2) is 28.1 Å². The predicted molar refractivity (Wildman–Crippen MR) is 78.9 cm³/mol. The number of hydrogen-bond acceptors (Lipinski definition) is 5. The van der Waals surface area contributed by atoms with Crippen molar-refractivity contribution in [3.05, 3.63) is 30.0 Å². The van der Waals surface area contributed by atoms with E-state index in [2.05, 4.69) is 15.3 Å². The molecule has 1 aromatic carbocycles. The number of carbonyl (C=O) groups is 1. The highest BCUT2D eigenvalue weighted by molar-refractivity contribution is 5.95. The summed E-state index contributed by atoms with van der Waals surface area (Å²) < 4.78 is 5.05. The second-order valence-electron chi connectivity index (χ2n) is 5.51. The zero-order valence-electron chi connectivity index (χ0n) is 12.2. The smallest absolute Gasteiger partial charge is 0.360 e. The molecule has 5 heteroatoms. The Morgan fingerprint density at radius 2 is 1.80 bits per heavy atom. The molecule has 0 saturated heterocycles. The Morgan fingerprint density at radius 3 is 2.35 bits per heavy atom. The number of esters is 1. The molecule has 0 fully saturated rings. The fraction of sp³-hybridized carbons (Fsp3) is 0.400. The van der Waals surface area contributed by atoms with Gasteiger partial charge >= 0.3 is 5.97 Å². The Balaban J connectivity index is 2.55.